The van der Waals surface area contributed by atoms with Gasteiger partial charge >= 0.3 is 5.97 Å². The van der Waals surface area contributed by atoms with Crippen LogP contribution >= 0.6 is 11.3 Å². The molecule has 1 aliphatic rings. The van der Waals surface area contributed by atoms with E-state index in [0.717, 1.165) is 28.9 Å². The van der Waals surface area contributed by atoms with Crippen LogP contribution in [0.3, 0.4) is 0 Å². The van der Waals surface area contributed by atoms with Crippen LogP contribution in [0.4, 0.5) is 5.82 Å². The van der Waals surface area contributed by atoms with Gasteiger partial charge < -0.3 is 10.0 Å². The second kappa shape index (κ2) is 4.45. The fourth-order valence-electron chi connectivity index (χ4n) is 2.53. The van der Waals surface area contributed by atoms with Gasteiger partial charge in [-0.05, 0) is 31.7 Å². The largest absolute Gasteiger partial charge is 0.480 e. The average molecular weight is 277 g/mol. The van der Waals surface area contributed by atoms with Gasteiger partial charge in [0.05, 0.1) is 5.39 Å². The van der Waals surface area contributed by atoms with E-state index in [-0.39, 0.29) is 0 Å². The van der Waals surface area contributed by atoms with E-state index in [2.05, 4.69) is 9.97 Å². The first-order chi connectivity index (χ1) is 9.09. The number of thiophene rings is 1. The third-order valence-electron chi connectivity index (χ3n) is 3.75. The molecule has 0 bridgehead atoms. The lowest BCUT2D eigenvalue weighted by molar-refractivity contribution is -0.138. The summed E-state index contributed by atoms with van der Waals surface area (Å²) in [6.07, 6.45) is 4.84. The fourth-order valence-corrected chi connectivity index (χ4v) is 3.75. The molecule has 2 aromatic heterocycles. The predicted octanol–water partition coefficient (Wildman–Crippen LogP) is 2.09. The molecule has 1 N–H and O–H groups in total. The molecule has 3 rings (SSSR count). The van der Waals surface area contributed by atoms with Gasteiger partial charge in [0.15, 0.2) is 0 Å². The van der Waals surface area contributed by atoms with Crippen LogP contribution in [-0.2, 0) is 17.6 Å². The Hall–Kier alpha value is -1.69. The van der Waals surface area contributed by atoms with Crippen molar-refractivity contribution in [2.24, 2.45) is 0 Å². The topological polar surface area (TPSA) is 66.3 Å². The molecule has 0 aliphatic heterocycles. The second-order valence-electron chi connectivity index (χ2n) is 4.86. The van der Waals surface area contributed by atoms with Gasteiger partial charge in [-0.2, -0.15) is 0 Å². The van der Waals surface area contributed by atoms with Crippen LogP contribution in [0.15, 0.2) is 6.33 Å². The van der Waals surface area contributed by atoms with Crippen LogP contribution in [-0.4, -0.2) is 34.1 Å². The monoisotopic (exact) mass is 277 g/mol. The molecule has 1 aliphatic carbocycles. The predicted molar refractivity (Wildman–Crippen MR) is 74.9 cm³/mol. The Morgan fingerprint density at radius 1 is 1.47 bits per heavy atom. The van der Waals surface area contributed by atoms with Gasteiger partial charge in [-0.3, -0.25) is 0 Å². The molecule has 6 heteroatoms. The lowest BCUT2D eigenvalue weighted by Crippen LogP contribution is -2.36. The standard InChI is InChI=1S/C13H15N3O2S/c1-7(13(17)18)16(2)11-10-8-4-3-5-9(8)19-12(10)15-6-14-11/h6-7H,3-5H2,1-2H3,(H,17,18). The molecule has 0 amide bonds. The summed E-state index contributed by atoms with van der Waals surface area (Å²) in [6, 6.07) is -0.602. The first-order valence-corrected chi connectivity index (χ1v) is 7.12. The minimum absolute atomic E-state index is 0.602. The number of aromatic nitrogens is 2. The highest BCUT2D eigenvalue weighted by Crippen LogP contribution is 2.40. The number of likely N-dealkylation sites (N-methyl/N-ethyl adjacent to an activating group) is 1. The molecular weight excluding hydrogens is 262 g/mol. The van der Waals surface area contributed by atoms with Gasteiger partial charge in [-0.1, -0.05) is 0 Å². The molecule has 2 heterocycles. The van der Waals surface area contributed by atoms with Crippen molar-refractivity contribution in [2.45, 2.75) is 32.2 Å². The highest BCUT2D eigenvalue weighted by molar-refractivity contribution is 7.19. The summed E-state index contributed by atoms with van der Waals surface area (Å²) >= 11 is 1.71. The first kappa shape index (κ1) is 12.3. The average Bonchev–Trinajstić information content (AvgIpc) is 2.96. The smallest absolute Gasteiger partial charge is 0.326 e. The molecule has 0 radical (unpaired) electrons. The number of hydrogen-bond donors (Lipinski definition) is 1. The van der Waals surface area contributed by atoms with Gasteiger partial charge in [-0.25, -0.2) is 14.8 Å². The number of carbonyl (C=O) groups is 1. The molecule has 100 valence electrons. The van der Waals surface area contributed by atoms with Crippen molar-refractivity contribution in [3.63, 3.8) is 0 Å². The third kappa shape index (κ3) is 1.87. The Kier molecular flexibility index (Phi) is 2.89. The van der Waals surface area contributed by atoms with Crippen LogP contribution < -0.4 is 4.90 Å². The zero-order valence-corrected chi connectivity index (χ0v) is 11.7. The number of fused-ring (bicyclic) bond motifs is 3. The highest BCUT2D eigenvalue weighted by Gasteiger charge is 2.25. The maximum Gasteiger partial charge on any atom is 0.326 e. The molecule has 0 spiro atoms. The molecule has 0 saturated heterocycles. The minimum atomic E-state index is -0.846. The zero-order chi connectivity index (χ0) is 13.6. The highest BCUT2D eigenvalue weighted by atomic mass is 32.1. The van der Waals surface area contributed by atoms with Crippen molar-refractivity contribution in [1.29, 1.82) is 0 Å². The molecule has 19 heavy (non-hydrogen) atoms. The van der Waals surface area contributed by atoms with Crippen LogP contribution in [0.25, 0.3) is 10.2 Å². The van der Waals surface area contributed by atoms with Crippen molar-refractivity contribution >= 4 is 33.3 Å². The van der Waals surface area contributed by atoms with E-state index in [1.54, 1.807) is 30.2 Å². The van der Waals surface area contributed by atoms with E-state index in [1.807, 2.05) is 0 Å². The fraction of sp³-hybridized carbons (Fsp3) is 0.462. The van der Waals surface area contributed by atoms with Crippen LogP contribution in [0.1, 0.15) is 23.8 Å². The zero-order valence-electron chi connectivity index (χ0n) is 10.9. The van der Waals surface area contributed by atoms with Crippen molar-refractivity contribution in [1.82, 2.24) is 9.97 Å². The number of rotatable bonds is 3. The van der Waals surface area contributed by atoms with E-state index in [1.165, 1.54) is 23.2 Å². The summed E-state index contributed by atoms with van der Waals surface area (Å²) in [7, 11) is 1.78. The van der Waals surface area contributed by atoms with Gasteiger partial charge in [0.25, 0.3) is 0 Å². The van der Waals surface area contributed by atoms with Crippen LogP contribution in [0, 0.1) is 0 Å². The minimum Gasteiger partial charge on any atom is -0.480 e. The summed E-state index contributed by atoms with van der Waals surface area (Å²) in [5, 5.41) is 10.2. The number of anilines is 1. The van der Waals surface area contributed by atoms with Gasteiger partial charge in [0.1, 0.15) is 23.0 Å². The van der Waals surface area contributed by atoms with E-state index in [0.29, 0.717) is 0 Å². The van der Waals surface area contributed by atoms with E-state index >= 15 is 0 Å². The van der Waals surface area contributed by atoms with Crippen LogP contribution in [0.5, 0.6) is 0 Å². The summed E-state index contributed by atoms with van der Waals surface area (Å²) < 4.78 is 0. The van der Waals surface area contributed by atoms with Crippen molar-refractivity contribution < 1.29 is 9.90 Å². The quantitative estimate of drug-likeness (QED) is 0.930. The van der Waals surface area contributed by atoms with E-state index in [4.69, 9.17) is 5.11 Å². The Morgan fingerprint density at radius 2 is 2.26 bits per heavy atom. The molecule has 0 saturated carbocycles. The summed E-state index contributed by atoms with van der Waals surface area (Å²) in [4.78, 5) is 23.9. The molecule has 0 aromatic carbocycles. The molecular formula is C13H15N3O2S. The number of nitrogens with zero attached hydrogens (tertiary/aromatic N) is 3. The number of aliphatic carboxylic acids is 1. The van der Waals surface area contributed by atoms with Crippen molar-refractivity contribution in [3.8, 4) is 0 Å². The maximum atomic E-state index is 11.1. The summed E-state index contributed by atoms with van der Waals surface area (Å²) in [5.74, 6) is -0.111. The van der Waals surface area contributed by atoms with Gasteiger partial charge in [0, 0.05) is 11.9 Å². The Labute approximate surface area is 114 Å². The molecule has 0 fully saturated rings. The maximum absolute atomic E-state index is 11.1. The van der Waals surface area contributed by atoms with Gasteiger partial charge in [-0.15, -0.1) is 11.3 Å². The van der Waals surface area contributed by atoms with Gasteiger partial charge in [0.2, 0.25) is 0 Å². The van der Waals surface area contributed by atoms with Crippen LogP contribution in [0.2, 0.25) is 0 Å². The normalized spacial score (nSPS) is 15.5. The molecule has 1 unspecified atom stereocenters. The Morgan fingerprint density at radius 3 is 3.00 bits per heavy atom. The second-order valence-corrected chi connectivity index (χ2v) is 5.94. The first-order valence-electron chi connectivity index (χ1n) is 6.30. The van der Waals surface area contributed by atoms with E-state index in [9.17, 15) is 4.79 Å². The number of hydrogen-bond acceptors (Lipinski definition) is 5. The number of carboxylic acid groups (broad SMARTS) is 1. The molecule has 5 nitrogen and oxygen atoms in total. The van der Waals surface area contributed by atoms with Crippen molar-refractivity contribution in [3.05, 3.63) is 16.8 Å². The Balaban J connectivity index is 2.16. The van der Waals surface area contributed by atoms with Crippen molar-refractivity contribution in [2.75, 3.05) is 11.9 Å². The summed E-state index contributed by atoms with van der Waals surface area (Å²) in [6.45, 7) is 1.67. The summed E-state index contributed by atoms with van der Waals surface area (Å²) in [5.41, 5.74) is 1.32. The SMILES string of the molecule is CC(C(=O)O)N(C)c1ncnc2sc3c(c12)CCC3. The lowest BCUT2D eigenvalue weighted by atomic mass is 10.1. The lowest BCUT2D eigenvalue weighted by Gasteiger charge is -2.23. The number of aryl methyl sites for hydroxylation is 2. The molecule has 2 aromatic rings. The number of carboxylic acids is 1. The third-order valence-corrected chi connectivity index (χ3v) is 4.95. The Bertz CT molecular complexity index is 653. The molecule has 1 atom stereocenters. The van der Waals surface area contributed by atoms with E-state index < -0.39 is 12.0 Å².